The molecular formula is C23H27NO3. The average Bonchev–Trinajstić information content (AvgIpc) is 3.26. The Morgan fingerprint density at radius 2 is 1.81 bits per heavy atom. The molecule has 0 amide bonds. The Labute approximate surface area is 161 Å². The van der Waals surface area contributed by atoms with E-state index in [-0.39, 0.29) is 11.7 Å². The van der Waals surface area contributed by atoms with Crippen LogP contribution in [0.2, 0.25) is 0 Å². The SMILES string of the molecule is COc1cc2c(cc1OC)C(=O)C(CC1CCN(Cc3ccccc3)C1)C2. The van der Waals surface area contributed by atoms with Gasteiger partial charge in [0.2, 0.25) is 0 Å². The number of hydrogen-bond acceptors (Lipinski definition) is 4. The van der Waals surface area contributed by atoms with Crippen molar-refractivity contribution in [3.05, 3.63) is 59.2 Å². The third kappa shape index (κ3) is 3.72. The number of nitrogens with zero attached hydrogens (tertiary/aromatic N) is 1. The Balaban J connectivity index is 1.38. The molecule has 1 aliphatic carbocycles. The van der Waals surface area contributed by atoms with Crippen LogP contribution < -0.4 is 9.47 Å². The Hall–Kier alpha value is -2.33. The second-order valence-corrected chi connectivity index (χ2v) is 7.74. The maximum atomic E-state index is 12.9. The first-order valence-electron chi connectivity index (χ1n) is 9.73. The Morgan fingerprint density at radius 3 is 2.56 bits per heavy atom. The minimum atomic E-state index is 0.0958. The third-order valence-corrected chi connectivity index (χ3v) is 5.95. The van der Waals surface area contributed by atoms with Crippen molar-refractivity contribution in [3.63, 3.8) is 0 Å². The summed E-state index contributed by atoms with van der Waals surface area (Å²) in [5, 5.41) is 0. The van der Waals surface area contributed by atoms with E-state index in [9.17, 15) is 4.79 Å². The zero-order valence-corrected chi connectivity index (χ0v) is 16.1. The van der Waals surface area contributed by atoms with Crippen LogP contribution in [0.15, 0.2) is 42.5 Å². The molecule has 2 aromatic rings. The largest absolute Gasteiger partial charge is 0.493 e. The fraction of sp³-hybridized carbons (Fsp3) is 0.435. The van der Waals surface area contributed by atoms with Crippen LogP contribution in [0.1, 0.15) is 34.3 Å². The van der Waals surface area contributed by atoms with Crippen LogP contribution in [0.3, 0.4) is 0 Å². The Morgan fingerprint density at radius 1 is 1.07 bits per heavy atom. The molecule has 0 aromatic heterocycles. The average molecular weight is 365 g/mol. The predicted molar refractivity (Wildman–Crippen MR) is 106 cm³/mol. The van der Waals surface area contributed by atoms with E-state index in [1.165, 1.54) is 12.0 Å². The molecule has 142 valence electrons. The first-order chi connectivity index (χ1) is 13.2. The molecule has 2 unspecified atom stereocenters. The van der Waals surface area contributed by atoms with Crippen molar-refractivity contribution in [1.82, 2.24) is 4.90 Å². The molecule has 0 bridgehead atoms. The van der Waals surface area contributed by atoms with Gasteiger partial charge in [0.25, 0.3) is 0 Å². The van der Waals surface area contributed by atoms with Crippen LogP contribution in [0.25, 0.3) is 0 Å². The van der Waals surface area contributed by atoms with Crippen molar-refractivity contribution in [2.75, 3.05) is 27.3 Å². The molecule has 4 nitrogen and oxygen atoms in total. The normalized spacial score (nSPS) is 22.1. The molecule has 4 rings (SSSR count). The number of hydrogen-bond donors (Lipinski definition) is 0. The highest BCUT2D eigenvalue weighted by molar-refractivity contribution is 6.02. The number of fused-ring (bicyclic) bond motifs is 1. The molecule has 2 atom stereocenters. The van der Waals surface area contributed by atoms with Crippen LogP contribution >= 0.6 is 0 Å². The second kappa shape index (κ2) is 7.73. The predicted octanol–water partition coefficient (Wildman–Crippen LogP) is 3.97. The minimum Gasteiger partial charge on any atom is -0.493 e. The van der Waals surface area contributed by atoms with E-state index in [2.05, 4.69) is 35.2 Å². The lowest BCUT2D eigenvalue weighted by atomic mass is 9.91. The van der Waals surface area contributed by atoms with E-state index in [0.717, 1.165) is 43.6 Å². The molecule has 27 heavy (non-hydrogen) atoms. The van der Waals surface area contributed by atoms with E-state index in [1.807, 2.05) is 12.1 Å². The molecule has 4 heteroatoms. The number of methoxy groups -OCH3 is 2. The Kier molecular flexibility index (Phi) is 5.17. The minimum absolute atomic E-state index is 0.0958. The van der Waals surface area contributed by atoms with Gasteiger partial charge >= 0.3 is 0 Å². The van der Waals surface area contributed by atoms with E-state index in [0.29, 0.717) is 17.4 Å². The molecular weight excluding hydrogens is 338 g/mol. The van der Waals surface area contributed by atoms with Gasteiger partial charge in [-0.3, -0.25) is 9.69 Å². The third-order valence-electron chi connectivity index (χ3n) is 5.95. The van der Waals surface area contributed by atoms with Gasteiger partial charge in [0.05, 0.1) is 14.2 Å². The molecule has 2 aromatic carbocycles. The molecule has 0 radical (unpaired) electrons. The molecule has 1 fully saturated rings. The molecule has 0 saturated carbocycles. The van der Waals surface area contributed by atoms with Gasteiger partial charge in [-0.1, -0.05) is 30.3 Å². The standard InChI is InChI=1S/C23H27NO3/c1-26-21-12-18-11-19(23(25)20(18)13-22(21)27-2)10-17-8-9-24(15-17)14-16-6-4-3-5-7-16/h3-7,12-13,17,19H,8-11,14-15H2,1-2H3. The van der Waals surface area contributed by atoms with Crippen molar-refractivity contribution >= 4 is 5.78 Å². The number of Topliss-reactive ketones (excluding diaryl/α,β-unsaturated/α-hetero) is 1. The molecule has 1 heterocycles. The van der Waals surface area contributed by atoms with Crippen LogP contribution in [-0.2, 0) is 13.0 Å². The zero-order chi connectivity index (χ0) is 18.8. The summed E-state index contributed by atoms with van der Waals surface area (Å²) in [6.07, 6.45) is 2.98. The van der Waals surface area contributed by atoms with E-state index in [1.54, 1.807) is 14.2 Å². The van der Waals surface area contributed by atoms with Crippen molar-refractivity contribution in [3.8, 4) is 11.5 Å². The summed E-state index contributed by atoms with van der Waals surface area (Å²) in [6, 6.07) is 14.5. The summed E-state index contributed by atoms with van der Waals surface area (Å²) in [6.45, 7) is 3.21. The molecule has 1 aliphatic heterocycles. The first-order valence-corrected chi connectivity index (χ1v) is 9.73. The monoisotopic (exact) mass is 365 g/mol. The Bertz CT molecular complexity index is 818. The number of carbonyl (C=O) groups is 1. The van der Waals surface area contributed by atoms with Gasteiger partial charge in [-0.25, -0.2) is 0 Å². The maximum Gasteiger partial charge on any atom is 0.166 e. The summed E-state index contributed by atoms with van der Waals surface area (Å²) in [5.41, 5.74) is 3.28. The van der Waals surface area contributed by atoms with Crippen molar-refractivity contribution in [1.29, 1.82) is 0 Å². The van der Waals surface area contributed by atoms with Crippen molar-refractivity contribution < 1.29 is 14.3 Å². The lowest BCUT2D eigenvalue weighted by molar-refractivity contribution is 0.0918. The molecule has 1 saturated heterocycles. The summed E-state index contributed by atoms with van der Waals surface area (Å²) in [5.74, 6) is 2.31. The molecule has 0 N–H and O–H groups in total. The quantitative estimate of drug-likeness (QED) is 0.776. The summed E-state index contributed by atoms with van der Waals surface area (Å²) in [7, 11) is 3.25. The number of ketones is 1. The van der Waals surface area contributed by atoms with Crippen LogP contribution in [0.4, 0.5) is 0 Å². The van der Waals surface area contributed by atoms with Crippen LogP contribution in [0.5, 0.6) is 11.5 Å². The van der Waals surface area contributed by atoms with Gasteiger partial charge in [-0.15, -0.1) is 0 Å². The highest BCUT2D eigenvalue weighted by Crippen LogP contribution is 2.39. The van der Waals surface area contributed by atoms with Crippen LogP contribution in [-0.4, -0.2) is 38.0 Å². The lowest BCUT2D eigenvalue weighted by Gasteiger charge is -2.17. The topological polar surface area (TPSA) is 38.8 Å². The number of carbonyl (C=O) groups excluding carboxylic acids is 1. The fourth-order valence-electron chi connectivity index (χ4n) is 4.58. The van der Waals surface area contributed by atoms with Crippen molar-refractivity contribution in [2.24, 2.45) is 11.8 Å². The van der Waals surface area contributed by atoms with E-state index in [4.69, 9.17) is 9.47 Å². The number of likely N-dealkylation sites (tertiary alicyclic amines) is 1. The van der Waals surface area contributed by atoms with E-state index < -0.39 is 0 Å². The first kappa shape index (κ1) is 18.1. The van der Waals surface area contributed by atoms with E-state index >= 15 is 0 Å². The highest BCUT2D eigenvalue weighted by atomic mass is 16.5. The summed E-state index contributed by atoms with van der Waals surface area (Å²) >= 11 is 0. The van der Waals surface area contributed by atoms with Crippen LogP contribution in [0, 0.1) is 11.8 Å². The van der Waals surface area contributed by atoms with Gasteiger partial charge < -0.3 is 9.47 Å². The molecule has 2 aliphatic rings. The summed E-state index contributed by atoms with van der Waals surface area (Å²) in [4.78, 5) is 15.4. The summed E-state index contributed by atoms with van der Waals surface area (Å²) < 4.78 is 10.8. The highest BCUT2D eigenvalue weighted by Gasteiger charge is 2.35. The van der Waals surface area contributed by atoms with Gasteiger partial charge in [0, 0.05) is 24.6 Å². The van der Waals surface area contributed by atoms with Gasteiger partial charge in [-0.05, 0) is 55.0 Å². The lowest BCUT2D eigenvalue weighted by Crippen LogP contribution is -2.21. The maximum absolute atomic E-state index is 12.9. The number of benzene rings is 2. The van der Waals surface area contributed by atoms with Gasteiger partial charge in [-0.2, -0.15) is 0 Å². The second-order valence-electron chi connectivity index (χ2n) is 7.74. The van der Waals surface area contributed by atoms with Crippen molar-refractivity contribution in [2.45, 2.75) is 25.8 Å². The molecule has 0 spiro atoms. The smallest absolute Gasteiger partial charge is 0.166 e. The fourth-order valence-corrected chi connectivity index (χ4v) is 4.58. The zero-order valence-electron chi connectivity index (χ0n) is 16.1. The number of rotatable bonds is 6. The van der Waals surface area contributed by atoms with Gasteiger partial charge in [0.15, 0.2) is 17.3 Å². The van der Waals surface area contributed by atoms with Gasteiger partial charge in [0.1, 0.15) is 0 Å². The number of ether oxygens (including phenoxy) is 2.